The molecule has 0 saturated carbocycles. The lowest BCUT2D eigenvalue weighted by atomic mass is 10.5. The molecule has 6 heteroatoms. The quantitative estimate of drug-likeness (QED) is 0.510. The molecule has 0 bridgehead atoms. The van der Waals surface area contributed by atoms with E-state index in [0.29, 0.717) is 0 Å². The number of nitrogens with zero attached hydrogens (tertiary/aromatic N) is 1. The largest absolute Gasteiger partial charge is 0.255 e. The standard InChI is InChI=1S/C7H10N2S2.2ClH/c1-2-9-11-10-7-5-3-4-6-8-7;;/h3-6,9H,2H2,1H3;2*1H. The van der Waals surface area contributed by atoms with E-state index in [4.69, 9.17) is 0 Å². The first kappa shape index (κ1) is 15.8. The predicted molar refractivity (Wildman–Crippen MR) is 65.9 cm³/mol. The summed E-state index contributed by atoms with van der Waals surface area (Å²) in [5.74, 6) is 0. The summed E-state index contributed by atoms with van der Waals surface area (Å²) in [7, 11) is 3.25. The van der Waals surface area contributed by atoms with Crippen LogP contribution in [-0.2, 0) is 0 Å². The van der Waals surface area contributed by atoms with E-state index < -0.39 is 0 Å². The Bertz CT molecular complexity index is 199. The summed E-state index contributed by atoms with van der Waals surface area (Å²) in [6, 6.07) is 5.90. The van der Waals surface area contributed by atoms with Crippen LogP contribution in [0.4, 0.5) is 0 Å². The Morgan fingerprint density at radius 2 is 2.15 bits per heavy atom. The summed E-state index contributed by atoms with van der Waals surface area (Å²) in [5.41, 5.74) is 0. The van der Waals surface area contributed by atoms with Crippen LogP contribution in [0.25, 0.3) is 0 Å². The van der Waals surface area contributed by atoms with Crippen LogP contribution in [0, 0.1) is 0 Å². The first-order valence-corrected chi connectivity index (χ1v) is 5.56. The summed E-state index contributed by atoms with van der Waals surface area (Å²) in [5, 5.41) is 1.04. The Kier molecular flexibility index (Phi) is 12.8. The van der Waals surface area contributed by atoms with Gasteiger partial charge in [-0.25, -0.2) is 4.98 Å². The minimum absolute atomic E-state index is 0. The molecule has 1 rings (SSSR count). The molecule has 0 unspecified atom stereocenters. The van der Waals surface area contributed by atoms with E-state index in [1.54, 1.807) is 28.0 Å². The molecular weight excluding hydrogens is 247 g/mol. The molecule has 0 aliphatic heterocycles. The molecule has 1 heterocycles. The first-order valence-electron chi connectivity index (χ1n) is 3.41. The molecule has 0 aromatic carbocycles. The second kappa shape index (κ2) is 10.5. The number of aromatic nitrogens is 1. The molecule has 0 atom stereocenters. The van der Waals surface area contributed by atoms with Gasteiger partial charge in [-0.05, 0) is 33.9 Å². The van der Waals surface area contributed by atoms with Gasteiger partial charge in [-0.1, -0.05) is 13.0 Å². The number of nitrogens with one attached hydrogen (secondary N) is 1. The molecule has 2 nitrogen and oxygen atoms in total. The van der Waals surface area contributed by atoms with E-state index in [0.717, 1.165) is 11.6 Å². The van der Waals surface area contributed by atoms with Gasteiger partial charge in [-0.3, -0.25) is 4.72 Å². The molecule has 0 saturated heterocycles. The van der Waals surface area contributed by atoms with Gasteiger partial charge in [0.05, 0.1) is 0 Å². The van der Waals surface area contributed by atoms with E-state index in [-0.39, 0.29) is 24.8 Å². The van der Waals surface area contributed by atoms with Crippen molar-refractivity contribution in [2.24, 2.45) is 0 Å². The monoisotopic (exact) mass is 258 g/mol. The molecule has 1 aromatic heterocycles. The summed E-state index contributed by atoms with van der Waals surface area (Å²) in [6.07, 6.45) is 1.80. The summed E-state index contributed by atoms with van der Waals surface area (Å²) in [4.78, 5) is 4.15. The lowest BCUT2D eigenvalue weighted by Gasteiger charge is -1.97. The Labute approximate surface area is 99.0 Å². The fourth-order valence-electron chi connectivity index (χ4n) is 0.527. The van der Waals surface area contributed by atoms with Crippen LogP contribution in [0.5, 0.6) is 0 Å². The average Bonchev–Trinajstić information content (AvgIpc) is 2.07. The Balaban J connectivity index is 0. The molecule has 13 heavy (non-hydrogen) atoms. The molecule has 76 valence electrons. The van der Waals surface area contributed by atoms with Crippen molar-refractivity contribution in [3.05, 3.63) is 24.4 Å². The van der Waals surface area contributed by atoms with Crippen LogP contribution in [0.15, 0.2) is 29.4 Å². The smallest absolute Gasteiger partial charge is 0.108 e. The fraction of sp³-hybridized carbons (Fsp3) is 0.286. The molecular formula is C7H12Cl2N2S2. The van der Waals surface area contributed by atoms with Gasteiger partial charge in [0.2, 0.25) is 0 Å². The summed E-state index contributed by atoms with van der Waals surface area (Å²) >= 11 is 0. The molecule has 0 aliphatic rings. The normalized spacial score (nSPS) is 8.38. The zero-order valence-corrected chi connectivity index (χ0v) is 10.4. The minimum Gasteiger partial charge on any atom is -0.255 e. The Morgan fingerprint density at radius 1 is 1.38 bits per heavy atom. The molecule has 0 aliphatic carbocycles. The number of hydrogen-bond acceptors (Lipinski definition) is 4. The van der Waals surface area contributed by atoms with Gasteiger partial charge in [-0.2, -0.15) is 0 Å². The van der Waals surface area contributed by atoms with E-state index in [1.165, 1.54) is 0 Å². The van der Waals surface area contributed by atoms with Crippen molar-refractivity contribution in [2.75, 3.05) is 6.54 Å². The van der Waals surface area contributed by atoms with E-state index in [1.807, 2.05) is 18.2 Å². The second-order valence-electron chi connectivity index (χ2n) is 1.83. The number of pyridine rings is 1. The third-order valence-electron chi connectivity index (χ3n) is 0.968. The first-order chi connectivity index (χ1) is 5.43. The zero-order chi connectivity index (χ0) is 7.94. The highest BCUT2D eigenvalue weighted by Crippen LogP contribution is 2.25. The maximum Gasteiger partial charge on any atom is 0.108 e. The van der Waals surface area contributed by atoms with Crippen LogP contribution in [0.3, 0.4) is 0 Å². The van der Waals surface area contributed by atoms with Gasteiger partial charge in [-0.15, -0.1) is 24.8 Å². The lowest BCUT2D eigenvalue weighted by Crippen LogP contribution is -1.97. The highest BCUT2D eigenvalue weighted by Gasteiger charge is 1.91. The fourth-order valence-corrected chi connectivity index (χ4v) is 2.11. The van der Waals surface area contributed by atoms with Gasteiger partial charge < -0.3 is 0 Å². The van der Waals surface area contributed by atoms with E-state index in [9.17, 15) is 0 Å². The van der Waals surface area contributed by atoms with Crippen LogP contribution in [0.1, 0.15) is 6.92 Å². The minimum atomic E-state index is 0. The molecule has 1 N–H and O–H groups in total. The molecule has 1 aromatic rings. The number of hydrogen-bond donors (Lipinski definition) is 1. The van der Waals surface area contributed by atoms with E-state index in [2.05, 4.69) is 16.6 Å². The van der Waals surface area contributed by atoms with Crippen molar-refractivity contribution in [3.8, 4) is 0 Å². The van der Waals surface area contributed by atoms with Gasteiger partial charge in [0.1, 0.15) is 5.03 Å². The Morgan fingerprint density at radius 3 is 2.69 bits per heavy atom. The van der Waals surface area contributed by atoms with Crippen molar-refractivity contribution in [3.63, 3.8) is 0 Å². The van der Waals surface area contributed by atoms with Gasteiger partial charge in [0, 0.05) is 12.7 Å². The zero-order valence-electron chi connectivity index (χ0n) is 7.10. The third kappa shape index (κ3) is 7.46. The topological polar surface area (TPSA) is 24.9 Å². The number of rotatable bonds is 4. The van der Waals surface area contributed by atoms with Crippen molar-refractivity contribution in [1.82, 2.24) is 9.71 Å². The highest BCUT2D eigenvalue weighted by atomic mass is 35.5. The lowest BCUT2D eigenvalue weighted by molar-refractivity contribution is 1.04. The maximum absolute atomic E-state index is 4.15. The average molecular weight is 259 g/mol. The number of halogens is 2. The molecule has 0 spiro atoms. The van der Waals surface area contributed by atoms with Gasteiger partial charge >= 0.3 is 0 Å². The summed E-state index contributed by atoms with van der Waals surface area (Å²) in [6.45, 7) is 3.05. The summed E-state index contributed by atoms with van der Waals surface area (Å²) < 4.78 is 3.14. The molecule has 0 radical (unpaired) electrons. The van der Waals surface area contributed by atoms with Gasteiger partial charge in [0.25, 0.3) is 0 Å². The molecule has 0 amide bonds. The highest BCUT2D eigenvalue weighted by molar-refractivity contribution is 8.76. The van der Waals surface area contributed by atoms with Gasteiger partial charge in [0.15, 0.2) is 0 Å². The molecule has 0 fully saturated rings. The van der Waals surface area contributed by atoms with Crippen LogP contribution < -0.4 is 4.72 Å². The Hall–Kier alpha value is 0.390. The SMILES string of the molecule is CCNSSc1ccccn1.Cl.Cl. The van der Waals surface area contributed by atoms with Crippen LogP contribution >= 0.6 is 46.6 Å². The van der Waals surface area contributed by atoms with Crippen molar-refractivity contribution >= 4 is 46.6 Å². The van der Waals surface area contributed by atoms with Crippen LogP contribution in [-0.4, -0.2) is 11.5 Å². The van der Waals surface area contributed by atoms with Crippen molar-refractivity contribution in [1.29, 1.82) is 0 Å². The third-order valence-corrected chi connectivity index (χ3v) is 2.99. The van der Waals surface area contributed by atoms with E-state index >= 15 is 0 Å². The predicted octanol–water partition coefficient (Wildman–Crippen LogP) is 3.19. The van der Waals surface area contributed by atoms with Crippen molar-refractivity contribution < 1.29 is 0 Å². The second-order valence-corrected chi connectivity index (χ2v) is 3.87. The van der Waals surface area contributed by atoms with Crippen LogP contribution in [0.2, 0.25) is 0 Å². The maximum atomic E-state index is 4.15. The van der Waals surface area contributed by atoms with Crippen molar-refractivity contribution in [2.45, 2.75) is 11.9 Å².